The summed E-state index contributed by atoms with van der Waals surface area (Å²) in [5.41, 5.74) is 5.09. The number of aromatic amines is 1. The first-order valence-corrected chi connectivity index (χ1v) is 8.01. The zero-order valence-electron chi connectivity index (χ0n) is 14.5. The van der Waals surface area contributed by atoms with E-state index in [9.17, 15) is 4.79 Å². The number of carbonyl (C=O) groups excluding carboxylic acids is 1. The molecule has 3 rings (SSSR count). The Morgan fingerprint density at radius 3 is 2.56 bits per heavy atom. The number of hydrogen-bond acceptors (Lipinski definition) is 4. The van der Waals surface area contributed by atoms with E-state index in [1.807, 2.05) is 56.3 Å². The van der Waals surface area contributed by atoms with Crippen molar-refractivity contribution in [1.29, 1.82) is 0 Å². The van der Waals surface area contributed by atoms with Gasteiger partial charge in [0, 0.05) is 16.5 Å². The molecule has 0 saturated carbocycles. The fourth-order valence-electron chi connectivity index (χ4n) is 2.80. The number of hydrogen-bond donors (Lipinski definition) is 1. The van der Waals surface area contributed by atoms with Crippen molar-refractivity contribution in [1.82, 2.24) is 4.98 Å². The Morgan fingerprint density at radius 1 is 1.12 bits per heavy atom. The highest BCUT2D eigenvalue weighted by Gasteiger charge is 2.19. The highest BCUT2D eigenvalue weighted by atomic mass is 16.6. The predicted molar refractivity (Wildman–Crippen MR) is 97.9 cm³/mol. The van der Waals surface area contributed by atoms with Crippen molar-refractivity contribution in [3.05, 3.63) is 70.4 Å². The molecule has 0 saturated heterocycles. The molecule has 0 amide bonds. The Bertz CT molecular complexity index is 927. The van der Waals surface area contributed by atoms with Crippen LogP contribution in [0.25, 0.3) is 10.9 Å². The number of fused-ring (bicyclic) bond motifs is 1. The molecule has 0 atom stereocenters. The van der Waals surface area contributed by atoms with Crippen LogP contribution in [-0.4, -0.2) is 24.3 Å². The first kappa shape index (κ1) is 16.8. The summed E-state index contributed by atoms with van der Waals surface area (Å²) in [5, 5.41) is 5.01. The van der Waals surface area contributed by atoms with E-state index in [-0.39, 0.29) is 0 Å². The summed E-state index contributed by atoms with van der Waals surface area (Å²) in [4.78, 5) is 20.7. The number of oxime groups is 1. The molecule has 2 aromatic carbocycles. The number of H-pyrrole nitrogens is 1. The van der Waals surface area contributed by atoms with Gasteiger partial charge in [-0.1, -0.05) is 47.6 Å². The van der Waals surface area contributed by atoms with E-state index in [0.29, 0.717) is 17.9 Å². The molecule has 0 aliphatic heterocycles. The third-order valence-corrected chi connectivity index (χ3v) is 4.13. The van der Waals surface area contributed by atoms with Gasteiger partial charge >= 0.3 is 5.97 Å². The zero-order valence-corrected chi connectivity index (χ0v) is 14.5. The Kier molecular flexibility index (Phi) is 4.84. The van der Waals surface area contributed by atoms with E-state index in [1.54, 1.807) is 6.21 Å². The average Bonchev–Trinajstić information content (AvgIpc) is 3.03. The van der Waals surface area contributed by atoms with Gasteiger partial charge in [-0.05, 0) is 30.5 Å². The minimum absolute atomic E-state index is 0.366. The number of methoxy groups -OCH3 is 1. The van der Waals surface area contributed by atoms with Crippen molar-refractivity contribution in [2.75, 3.05) is 7.11 Å². The Balaban J connectivity index is 1.94. The lowest BCUT2D eigenvalue weighted by atomic mass is 10.0. The van der Waals surface area contributed by atoms with Crippen molar-refractivity contribution in [2.24, 2.45) is 5.16 Å². The van der Waals surface area contributed by atoms with E-state index < -0.39 is 5.97 Å². The molecule has 128 valence electrons. The summed E-state index contributed by atoms with van der Waals surface area (Å²) in [6, 6.07) is 13.8. The first-order valence-electron chi connectivity index (χ1n) is 8.01. The molecule has 0 spiro atoms. The molecule has 5 nitrogen and oxygen atoms in total. The summed E-state index contributed by atoms with van der Waals surface area (Å²) in [6.45, 7) is 4.36. The lowest BCUT2D eigenvalue weighted by molar-refractivity contribution is 0.0595. The molecule has 5 heteroatoms. The van der Waals surface area contributed by atoms with Gasteiger partial charge in [0.1, 0.15) is 12.3 Å². The molecule has 25 heavy (non-hydrogen) atoms. The molecule has 1 N–H and O–H groups in total. The smallest absolute Gasteiger partial charge is 0.355 e. The number of nitrogens with zero attached hydrogens (tertiary/aromatic N) is 1. The minimum atomic E-state index is -0.431. The molecular formula is C20H20N2O3. The van der Waals surface area contributed by atoms with E-state index in [1.165, 1.54) is 7.11 Å². The Morgan fingerprint density at radius 2 is 1.84 bits per heavy atom. The van der Waals surface area contributed by atoms with Gasteiger partial charge in [-0.3, -0.25) is 0 Å². The quantitative estimate of drug-likeness (QED) is 0.433. The predicted octanol–water partition coefficient (Wildman–Crippen LogP) is 4.12. The van der Waals surface area contributed by atoms with Crippen molar-refractivity contribution < 1.29 is 14.4 Å². The minimum Gasteiger partial charge on any atom is -0.464 e. The molecule has 0 fully saturated rings. The summed E-state index contributed by atoms with van der Waals surface area (Å²) in [5.74, 6) is -0.431. The highest BCUT2D eigenvalue weighted by molar-refractivity contribution is 6.10. The van der Waals surface area contributed by atoms with Crippen LogP contribution in [-0.2, 0) is 16.2 Å². The monoisotopic (exact) mass is 336 g/mol. The van der Waals surface area contributed by atoms with Crippen molar-refractivity contribution in [2.45, 2.75) is 20.5 Å². The molecule has 1 aromatic heterocycles. The Hall–Kier alpha value is -3.08. The van der Waals surface area contributed by atoms with E-state index in [2.05, 4.69) is 10.1 Å². The average molecular weight is 336 g/mol. The molecule has 0 unspecified atom stereocenters. The number of benzene rings is 2. The van der Waals surface area contributed by atoms with Gasteiger partial charge in [-0.2, -0.15) is 0 Å². The van der Waals surface area contributed by atoms with Gasteiger partial charge in [0.05, 0.1) is 13.3 Å². The second-order valence-electron chi connectivity index (χ2n) is 5.85. The van der Waals surface area contributed by atoms with Crippen LogP contribution in [0.3, 0.4) is 0 Å². The van der Waals surface area contributed by atoms with Crippen LogP contribution in [0.1, 0.15) is 32.7 Å². The molecule has 0 bridgehead atoms. The third kappa shape index (κ3) is 3.40. The summed E-state index contributed by atoms with van der Waals surface area (Å²) < 4.78 is 4.89. The summed E-state index contributed by atoms with van der Waals surface area (Å²) >= 11 is 0. The van der Waals surface area contributed by atoms with Crippen LogP contribution < -0.4 is 0 Å². The maximum absolute atomic E-state index is 12.1. The van der Waals surface area contributed by atoms with Crippen molar-refractivity contribution >= 4 is 23.1 Å². The topological polar surface area (TPSA) is 63.7 Å². The number of aryl methyl sites for hydroxylation is 2. The maximum atomic E-state index is 12.1. The van der Waals surface area contributed by atoms with Gasteiger partial charge in [-0.15, -0.1) is 0 Å². The molecule has 1 heterocycles. The fraction of sp³-hybridized carbons (Fsp3) is 0.200. The van der Waals surface area contributed by atoms with Crippen molar-refractivity contribution in [3.63, 3.8) is 0 Å². The van der Waals surface area contributed by atoms with Crippen LogP contribution in [0.4, 0.5) is 0 Å². The number of rotatable bonds is 5. The maximum Gasteiger partial charge on any atom is 0.355 e. The number of esters is 1. The molecule has 0 aliphatic carbocycles. The van der Waals surface area contributed by atoms with Gasteiger partial charge in [0.15, 0.2) is 0 Å². The van der Waals surface area contributed by atoms with Crippen LogP contribution >= 0.6 is 0 Å². The lowest BCUT2D eigenvalue weighted by Crippen LogP contribution is -2.05. The first-order chi connectivity index (χ1) is 12.1. The van der Waals surface area contributed by atoms with Crippen LogP contribution in [0, 0.1) is 13.8 Å². The highest BCUT2D eigenvalue weighted by Crippen LogP contribution is 2.27. The normalized spacial score (nSPS) is 11.2. The van der Waals surface area contributed by atoms with Crippen molar-refractivity contribution in [3.8, 4) is 0 Å². The zero-order chi connectivity index (χ0) is 17.8. The lowest BCUT2D eigenvalue weighted by Gasteiger charge is -2.02. The van der Waals surface area contributed by atoms with E-state index in [4.69, 9.17) is 9.57 Å². The van der Waals surface area contributed by atoms with Gasteiger partial charge < -0.3 is 14.6 Å². The SMILES string of the molecule is COC(=O)c1[nH]c2c(C)ccc(C)c2c1C=NOCc1ccccc1. The van der Waals surface area contributed by atoms with Crippen LogP contribution in [0.15, 0.2) is 47.6 Å². The third-order valence-electron chi connectivity index (χ3n) is 4.13. The second-order valence-corrected chi connectivity index (χ2v) is 5.85. The number of aromatic nitrogens is 1. The number of carbonyl (C=O) groups is 1. The number of nitrogens with one attached hydrogen (secondary N) is 1. The van der Waals surface area contributed by atoms with Crippen LogP contribution in [0.5, 0.6) is 0 Å². The number of ether oxygens (including phenoxy) is 1. The molecule has 0 aliphatic rings. The van der Waals surface area contributed by atoms with E-state index in [0.717, 1.165) is 27.6 Å². The van der Waals surface area contributed by atoms with E-state index >= 15 is 0 Å². The largest absolute Gasteiger partial charge is 0.464 e. The molecular weight excluding hydrogens is 316 g/mol. The van der Waals surface area contributed by atoms with Gasteiger partial charge in [-0.25, -0.2) is 4.79 Å². The van der Waals surface area contributed by atoms with Gasteiger partial charge in [0.25, 0.3) is 0 Å². The second kappa shape index (κ2) is 7.21. The van der Waals surface area contributed by atoms with Gasteiger partial charge in [0.2, 0.25) is 0 Å². The summed E-state index contributed by atoms with van der Waals surface area (Å²) in [6.07, 6.45) is 1.57. The molecule has 3 aromatic rings. The molecule has 0 radical (unpaired) electrons. The summed E-state index contributed by atoms with van der Waals surface area (Å²) in [7, 11) is 1.36. The fourth-order valence-corrected chi connectivity index (χ4v) is 2.80. The Labute approximate surface area is 146 Å². The van der Waals surface area contributed by atoms with Crippen LogP contribution in [0.2, 0.25) is 0 Å². The standard InChI is InChI=1S/C20H20N2O3/c1-13-9-10-14(2)18-17(13)16(19(22-18)20(23)24-3)11-21-25-12-15-7-5-4-6-8-15/h4-11,22H,12H2,1-3H3.